The third-order valence-electron chi connectivity index (χ3n) is 5.02. The molecule has 1 unspecified atom stereocenters. The van der Waals surface area contributed by atoms with Gasteiger partial charge >= 0.3 is 0 Å². The zero-order valence-corrected chi connectivity index (χ0v) is 20.0. The molecular weight excluding hydrogens is 452 g/mol. The minimum atomic E-state index is -0.132. The number of amides is 2. The molecule has 0 saturated heterocycles. The lowest BCUT2D eigenvalue weighted by molar-refractivity contribution is -0.119. The van der Waals surface area contributed by atoms with Crippen molar-refractivity contribution in [3.8, 4) is 11.3 Å². The van der Waals surface area contributed by atoms with Gasteiger partial charge in [0.2, 0.25) is 11.8 Å². The minimum absolute atomic E-state index is 0.0549. The number of thiazole rings is 2. The molecule has 0 saturated carbocycles. The number of hydrogen-bond donors (Lipinski definition) is 2. The van der Waals surface area contributed by atoms with Crippen LogP contribution in [-0.4, -0.2) is 21.8 Å². The summed E-state index contributed by atoms with van der Waals surface area (Å²) in [7, 11) is 0. The van der Waals surface area contributed by atoms with E-state index >= 15 is 0 Å². The zero-order valence-electron chi connectivity index (χ0n) is 18.4. The van der Waals surface area contributed by atoms with Gasteiger partial charge in [-0.3, -0.25) is 9.59 Å². The standard InChI is InChI=1S/C25H24N4O2S2/c1-16(26-17(2)30)19-8-10-20(11-9-19)22-15-33-25(28-22)29-23(31)13-21-14-32-24(27-21)12-18-6-4-3-5-7-18/h3-11,14-16H,12-13H2,1-2H3,(H,26,30)(H,28,29,31). The third kappa shape index (κ3) is 6.34. The zero-order chi connectivity index (χ0) is 23.2. The van der Waals surface area contributed by atoms with Crippen molar-refractivity contribution in [3.63, 3.8) is 0 Å². The number of aromatic nitrogens is 2. The summed E-state index contributed by atoms with van der Waals surface area (Å²) < 4.78 is 0. The van der Waals surface area contributed by atoms with Crippen molar-refractivity contribution < 1.29 is 9.59 Å². The fourth-order valence-corrected chi connectivity index (χ4v) is 4.97. The van der Waals surface area contributed by atoms with Crippen molar-refractivity contribution in [1.29, 1.82) is 0 Å². The van der Waals surface area contributed by atoms with Crippen molar-refractivity contribution in [1.82, 2.24) is 15.3 Å². The van der Waals surface area contributed by atoms with Gasteiger partial charge in [-0.05, 0) is 18.1 Å². The summed E-state index contributed by atoms with van der Waals surface area (Å²) in [5, 5.41) is 11.2. The molecule has 4 aromatic rings. The lowest BCUT2D eigenvalue weighted by Crippen LogP contribution is -2.23. The summed E-state index contributed by atoms with van der Waals surface area (Å²) >= 11 is 2.96. The van der Waals surface area contributed by atoms with Crippen molar-refractivity contribution in [2.75, 3.05) is 5.32 Å². The van der Waals surface area contributed by atoms with Crippen molar-refractivity contribution >= 4 is 39.6 Å². The molecule has 0 fully saturated rings. The molecule has 2 aromatic heterocycles. The molecule has 0 bridgehead atoms. The van der Waals surface area contributed by atoms with Crippen LogP contribution in [-0.2, 0) is 22.4 Å². The highest BCUT2D eigenvalue weighted by Gasteiger charge is 2.12. The smallest absolute Gasteiger partial charge is 0.232 e. The first-order valence-corrected chi connectivity index (χ1v) is 12.3. The van der Waals surface area contributed by atoms with Gasteiger partial charge in [-0.1, -0.05) is 54.6 Å². The minimum Gasteiger partial charge on any atom is -0.350 e. The molecule has 0 aliphatic carbocycles. The Balaban J connectivity index is 1.33. The summed E-state index contributed by atoms with van der Waals surface area (Å²) in [6.45, 7) is 3.45. The van der Waals surface area contributed by atoms with E-state index in [4.69, 9.17) is 0 Å². The number of carbonyl (C=O) groups excluding carboxylic acids is 2. The summed E-state index contributed by atoms with van der Waals surface area (Å²) in [4.78, 5) is 32.9. The van der Waals surface area contributed by atoms with Crippen LogP contribution >= 0.6 is 22.7 Å². The molecule has 2 N–H and O–H groups in total. The number of nitrogens with one attached hydrogen (secondary N) is 2. The number of nitrogens with zero attached hydrogens (tertiary/aromatic N) is 2. The first-order chi connectivity index (χ1) is 16.0. The SMILES string of the molecule is CC(=O)NC(C)c1ccc(-c2csc(NC(=O)Cc3csc(Cc4ccccc4)n3)n2)cc1. The maximum atomic E-state index is 12.5. The Morgan fingerprint density at radius 2 is 1.73 bits per heavy atom. The largest absolute Gasteiger partial charge is 0.350 e. The maximum absolute atomic E-state index is 12.5. The van der Waals surface area contributed by atoms with Crippen LogP contribution in [0, 0.1) is 0 Å². The lowest BCUT2D eigenvalue weighted by atomic mass is 10.1. The number of anilines is 1. The van der Waals surface area contributed by atoms with Gasteiger partial charge in [-0.2, -0.15) is 0 Å². The Kier molecular flexibility index (Phi) is 7.26. The highest BCUT2D eigenvalue weighted by atomic mass is 32.1. The molecular formula is C25H24N4O2S2. The average Bonchev–Trinajstić information content (AvgIpc) is 3.43. The van der Waals surface area contributed by atoms with E-state index in [1.54, 1.807) is 11.3 Å². The van der Waals surface area contributed by atoms with Gasteiger partial charge in [-0.15, -0.1) is 22.7 Å². The maximum Gasteiger partial charge on any atom is 0.232 e. The van der Waals surface area contributed by atoms with E-state index in [0.29, 0.717) is 5.13 Å². The monoisotopic (exact) mass is 476 g/mol. The number of carbonyl (C=O) groups is 2. The van der Waals surface area contributed by atoms with Gasteiger partial charge in [0.05, 0.1) is 28.9 Å². The van der Waals surface area contributed by atoms with E-state index in [2.05, 4.69) is 32.7 Å². The van der Waals surface area contributed by atoms with E-state index in [0.717, 1.165) is 33.9 Å². The molecule has 8 heteroatoms. The Bertz CT molecular complexity index is 1230. The molecule has 2 aromatic carbocycles. The predicted molar refractivity (Wildman–Crippen MR) is 133 cm³/mol. The number of benzene rings is 2. The molecule has 2 heterocycles. The number of rotatable bonds is 8. The molecule has 33 heavy (non-hydrogen) atoms. The van der Waals surface area contributed by atoms with Crippen LogP contribution in [0.5, 0.6) is 0 Å². The van der Waals surface area contributed by atoms with Crippen molar-refractivity contribution in [3.05, 3.63) is 87.2 Å². The normalized spacial score (nSPS) is 11.7. The Morgan fingerprint density at radius 3 is 2.45 bits per heavy atom. The Hall–Kier alpha value is -3.36. The van der Waals surface area contributed by atoms with E-state index < -0.39 is 0 Å². The quantitative estimate of drug-likeness (QED) is 0.364. The predicted octanol–water partition coefficient (Wildman–Crippen LogP) is 5.24. The van der Waals surface area contributed by atoms with Crippen LogP contribution in [0.2, 0.25) is 0 Å². The summed E-state index contributed by atoms with van der Waals surface area (Å²) in [5.41, 5.74) is 4.75. The number of hydrogen-bond acceptors (Lipinski definition) is 6. The van der Waals surface area contributed by atoms with Gasteiger partial charge in [0.1, 0.15) is 0 Å². The van der Waals surface area contributed by atoms with Gasteiger partial charge < -0.3 is 10.6 Å². The molecule has 1 atom stereocenters. The van der Waals surface area contributed by atoms with Gasteiger partial charge in [-0.25, -0.2) is 9.97 Å². The van der Waals surface area contributed by atoms with Crippen LogP contribution in [0.3, 0.4) is 0 Å². The summed E-state index contributed by atoms with van der Waals surface area (Å²) in [5.74, 6) is -0.191. The molecule has 0 aliphatic rings. The highest BCUT2D eigenvalue weighted by Crippen LogP contribution is 2.26. The lowest BCUT2D eigenvalue weighted by Gasteiger charge is -2.12. The van der Waals surface area contributed by atoms with Gasteiger partial charge in [0.15, 0.2) is 5.13 Å². The second-order valence-corrected chi connectivity index (χ2v) is 9.50. The molecule has 4 rings (SSSR count). The molecule has 2 amide bonds. The van der Waals surface area contributed by atoms with E-state index in [1.807, 2.05) is 60.1 Å². The van der Waals surface area contributed by atoms with Crippen LogP contribution in [0.15, 0.2) is 65.4 Å². The summed E-state index contributed by atoms with van der Waals surface area (Å²) in [6, 6.07) is 18.0. The van der Waals surface area contributed by atoms with E-state index in [-0.39, 0.29) is 24.3 Å². The van der Waals surface area contributed by atoms with Crippen LogP contribution < -0.4 is 10.6 Å². The first kappa shape index (κ1) is 22.8. The Morgan fingerprint density at radius 1 is 0.970 bits per heavy atom. The molecule has 0 aliphatic heterocycles. The summed E-state index contributed by atoms with van der Waals surface area (Å²) in [6.07, 6.45) is 0.987. The van der Waals surface area contributed by atoms with Crippen LogP contribution in [0.1, 0.15) is 41.7 Å². The van der Waals surface area contributed by atoms with Crippen LogP contribution in [0.25, 0.3) is 11.3 Å². The van der Waals surface area contributed by atoms with Crippen molar-refractivity contribution in [2.45, 2.75) is 32.7 Å². The topological polar surface area (TPSA) is 84.0 Å². The Labute approximate surface area is 200 Å². The average molecular weight is 477 g/mol. The third-order valence-corrected chi connectivity index (χ3v) is 6.67. The molecule has 168 valence electrons. The fourth-order valence-electron chi connectivity index (χ4n) is 3.40. The van der Waals surface area contributed by atoms with E-state index in [1.165, 1.54) is 23.8 Å². The van der Waals surface area contributed by atoms with Crippen molar-refractivity contribution in [2.24, 2.45) is 0 Å². The molecule has 6 nitrogen and oxygen atoms in total. The highest BCUT2D eigenvalue weighted by molar-refractivity contribution is 7.14. The van der Waals surface area contributed by atoms with Gasteiger partial charge in [0.25, 0.3) is 0 Å². The molecule has 0 spiro atoms. The second kappa shape index (κ2) is 10.5. The van der Waals surface area contributed by atoms with Crippen LogP contribution in [0.4, 0.5) is 5.13 Å². The first-order valence-electron chi connectivity index (χ1n) is 10.6. The fraction of sp³-hybridized carbons (Fsp3) is 0.200. The van der Waals surface area contributed by atoms with Gasteiger partial charge in [0, 0.05) is 29.7 Å². The molecule has 0 radical (unpaired) electrons. The van der Waals surface area contributed by atoms with E-state index in [9.17, 15) is 9.59 Å². The second-order valence-electron chi connectivity index (χ2n) is 7.70.